The van der Waals surface area contributed by atoms with Crippen LogP contribution in [0.3, 0.4) is 0 Å². The monoisotopic (exact) mass is 163 g/mol. The van der Waals surface area contributed by atoms with E-state index in [2.05, 4.69) is 10.2 Å². The summed E-state index contributed by atoms with van der Waals surface area (Å²) in [6, 6.07) is 3.88. The maximum Gasteiger partial charge on any atom is 0.0854 e. The van der Waals surface area contributed by atoms with E-state index in [4.69, 9.17) is 5.73 Å². The standard InChI is InChI=1S/C9H13N3/c1-8-5-6-9(12-11-8)4-2-3-7-10/h2,4-6H,3,7,10H2,1H3. The van der Waals surface area contributed by atoms with Crippen LogP contribution in [0.4, 0.5) is 0 Å². The predicted octanol–water partition coefficient (Wildman–Crippen LogP) is 1.15. The molecule has 0 aromatic carbocycles. The molecule has 1 aromatic rings. The van der Waals surface area contributed by atoms with Crippen molar-refractivity contribution in [3.05, 3.63) is 29.6 Å². The van der Waals surface area contributed by atoms with Crippen LogP contribution in [0.2, 0.25) is 0 Å². The molecule has 0 unspecified atom stereocenters. The maximum atomic E-state index is 5.33. The van der Waals surface area contributed by atoms with Crippen molar-refractivity contribution in [1.29, 1.82) is 0 Å². The first-order chi connectivity index (χ1) is 5.83. The minimum Gasteiger partial charge on any atom is -0.330 e. The van der Waals surface area contributed by atoms with Crippen molar-refractivity contribution in [3.8, 4) is 0 Å². The van der Waals surface area contributed by atoms with E-state index in [9.17, 15) is 0 Å². The quantitative estimate of drug-likeness (QED) is 0.727. The summed E-state index contributed by atoms with van der Waals surface area (Å²) in [6.07, 6.45) is 4.81. The largest absolute Gasteiger partial charge is 0.330 e. The molecule has 1 aromatic heterocycles. The molecule has 64 valence electrons. The van der Waals surface area contributed by atoms with E-state index in [-0.39, 0.29) is 0 Å². The second kappa shape index (κ2) is 4.62. The molecule has 0 aliphatic carbocycles. The average molecular weight is 163 g/mol. The number of nitrogens with zero attached hydrogens (tertiary/aromatic N) is 2. The lowest BCUT2D eigenvalue weighted by Crippen LogP contribution is -1.95. The highest BCUT2D eigenvalue weighted by Crippen LogP contribution is 1.97. The zero-order valence-electron chi connectivity index (χ0n) is 7.20. The molecule has 0 atom stereocenters. The van der Waals surface area contributed by atoms with Crippen LogP contribution in [0.5, 0.6) is 0 Å². The van der Waals surface area contributed by atoms with Crippen molar-refractivity contribution >= 4 is 6.08 Å². The van der Waals surface area contributed by atoms with Crippen LogP contribution in [0, 0.1) is 6.92 Å². The third kappa shape index (κ3) is 2.80. The van der Waals surface area contributed by atoms with Gasteiger partial charge in [-0.25, -0.2) is 0 Å². The smallest absolute Gasteiger partial charge is 0.0854 e. The Morgan fingerprint density at radius 3 is 2.83 bits per heavy atom. The second-order valence-electron chi connectivity index (χ2n) is 2.58. The number of aryl methyl sites for hydroxylation is 1. The molecule has 3 heteroatoms. The van der Waals surface area contributed by atoms with Gasteiger partial charge in [-0.1, -0.05) is 6.08 Å². The fourth-order valence-electron chi connectivity index (χ4n) is 0.798. The van der Waals surface area contributed by atoms with Gasteiger partial charge in [-0.15, -0.1) is 0 Å². The predicted molar refractivity (Wildman–Crippen MR) is 49.5 cm³/mol. The minimum atomic E-state index is 0.676. The highest BCUT2D eigenvalue weighted by Gasteiger charge is 1.87. The minimum absolute atomic E-state index is 0.676. The van der Waals surface area contributed by atoms with Crippen LogP contribution in [-0.2, 0) is 0 Å². The fraction of sp³-hybridized carbons (Fsp3) is 0.333. The first kappa shape index (κ1) is 8.87. The number of aromatic nitrogens is 2. The lowest BCUT2D eigenvalue weighted by Gasteiger charge is -1.91. The molecule has 0 aliphatic rings. The van der Waals surface area contributed by atoms with Gasteiger partial charge < -0.3 is 5.73 Å². The normalized spacial score (nSPS) is 10.8. The van der Waals surface area contributed by atoms with E-state index in [0.29, 0.717) is 6.54 Å². The highest BCUT2D eigenvalue weighted by atomic mass is 15.1. The lowest BCUT2D eigenvalue weighted by molar-refractivity contribution is 0.966. The summed E-state index contributed by atoms with van der Waals surface area (Å²) in [5.41, 5.74) is 7.15. The van der Waals surface area contributed by atoms with Gasteiger partial charge in [0.25, 0.3) is 0 Å². The Morgan fingerprint density at radius 2 is 2.25 bits per heavy atom. The van der Waals surface area contributed by atoms with E-state index >= 15 is 0 Å². The molecule has 0 fully saturated rings. The van der Waals surface area contributed by atoms with Crippen LogP contribution in [0.25, 0.3) is 6.08 Å². The molecule has 1 heterocycles. The number of hydrogen-bond donors (Lipinski definition) is 1. The van der Waals surface area contributed by atoms with Gasteiger partial charge in [0.2, 0.25) is 0 Å². The molecule has 0 saturated carbocycles. The summed E-state index contributed by atoms with van der Waals surface area (Å²) >= 11 is 0. The van der Waals surface area contributed by atoms with Crippen LogP contribution >= 0.6 is 0 Å². The Morgan fingerprint density at radius 1 is 1.42 bits per heavy atom. The Balaban J connectivity index is 2.58. The highest BCUT2D eigenvalue weighted by molar-refractivity contribution is 5.43. The summed E-state index contributed by atoms with van der Waals surface area (Å²) in [5.74, 6) is 0. The van der Waals surface area contributed by atoms with Gasteiger partial charge in [0.15, 0.2) is 0 Å². The zero-order valence-corrected chi connectivity index (χ0v) is 7.20. The van der Waals surface area contributed by atoms with E-state index in [1.165, 1.54) is 0 Å². The third-order valence-corrected chi connectivity index (χ3v) is 1.44. The fourth-order valence-corrected chi connectivity index (χ4v) is 0.798. The summed E-state index contributed by atoms with van der Waals surface area (Å²) in [4.78, 5) is 0. The SMILES string of the molecule is Cc1ccc(C=CCCN)nn1. The number of nitrogens with two attached hydrogens (primary N) is 1. The van der Waals surface area contributed by atoms with Gasteiger partial charge in [0.05, 0.1) is 11.4 Å². The molecule has 0 amide bonds. The Labute approximate surface area is 72.3 Å². The number of hydrogen-bond acceptors (Lipinski definition) is 3. The van der Waals surface area contributed by atoms with Crippen molar-refractivity contribution < 1.29 is 0 Å². The molecule has 0 aliphatic heterocycles. The molecule has 1 rings (SSSR count). The van der Waals surface area contributed by atoms with Crippen LogP contribution in [0.15, 0.2) is 18.2 Å². The van der Waals surface area contributed by atoms with Gasteiger partial charge in [-0.05, 0) is 38.1 Å². The summed E-state index contributed by atoms with van der Waals surface area (Å²) in [5, 5.41) is 7.90. The molecule has 0 spiro atoms. The first-order valence-electron chi connectivity index (χ1n) is 4.00. The second-order valence-corrected chi connectivity index (χ2v) is 2.58. The number of rotatable bonds is 3. The summed E-state index contributed by atoms with van der Waals surface area (Å²) in [7, 11) is 0. The van der Waals surface area contributed by atoms with Gasteiger partial charge in [-0.3, -0.25) is 0 Å². The summed E-state index contributed by atoms with van der Waals surface area (Å²) < 4.78 is 0. The van der Waals surface area contributed by atoms with Crippen LogP contribution in [0.1, 0.15) is 17.8 Å². The topological polar surface area (TPSA) is 51.8 Å². The Kier molecular flexibility index (Phi) is 3.41. The molecule has 0 saturated heterocycles. The molecule has 2 N–H and O–H groups in total. The van der Waals surface area contributed by atoms with Crippen molar-refractivity contribution in [2.24, 2.45) is 5.73 Å². The maximum absolute atomic E-state index is 5.33. The third-order valence-electron chi connectivity index (χ3n) is 1.44. The van der Waals surface area contributed by atoms with Gasteiger partial charge >= 0.3 is 0 Å². The van der Waals surface area contributed by atoms with Crippen molar-refractivity contribution in [2.75, 3.05) is 6.54 Å². The van der Waals surface area contributed by atoms with Crippen molar-refractivity contribution in [2.45, 2.75) is 13.3 Å². The molecular formula is C9H13N3. The van der Waals surface area contributed by atoms with Gasteiger partial charge in [0, 0.05) is 0 Å². The summed E-state index contributed by atoms with van der Waals surface area (Å²) in [6.45, 7) is 2.59. The lowest BCUT2D eigenvalue weighted by atomic mass is 10.3. The molecule has 0 bridgehead atoms. The Bertz CT molecular complexity index is 251. The molecule has 0 radical (unpaired) electrons. The van der Waals surface area contributed by atoms with Crippen molar-refractivity contribution in [1.82, 2.24) is 10.2 Å². The molecule has 3 nitrogen and oxygen atoms in total. The van der Waals surface area contributed by atoms with Gasteiger partial charge in [0.1, 0.15) is 0 Å². The average Bonchev–Trinajstić information content (AvgIpc) is 2.09. The van der Waals surface area contributed by atoms with E-state index < -0.39 is 0 Å². The molecule has 12 heavy (non-hydrogen) atoms. The zero-order chi connectivity index (χ0) is 8.81. The van der Waals surface area contributed by atoms with E-state index in [0.717, 1.165) is 17.8 Å². The molecular weight excluding hydrogens is 150 g/mol. The first-order valence-corrected chi connectivity index (χ1v) is 4.00. The Hall–Kier alpha value is -1.22. The van der Waals surface area contributed by atoms with Crippen LogP contribution in [-0.4, -0.2) is 16.7 Å². The van der Waals surface area contributed by atoms with E-state index in [1.54, 1.807) is 0 Å². The van der Waals surface area contributed by atoms with E-state index in [1.807, 2.05) is 31.2 Å². The van der Waals surface area contributed by atoms with Crippen LogP contribution < -0.4 is 5.73 Å². The van der Waals surface area contributed by atoms with Crippen molar-refractivity contribution in [3.63, 3.8) is 0 Å². The van der Waals surface area contributed by atoms with Gasteiger partial charge in [-0.2, -0.15) is 10.2 Å².